The summed E-state index contributed by atoms with van der Waals surface area (Å²) in [7, 11) is 6.15. The van der Waals surface area contributed by atoms with Crippen LogP contribution in [0.3, 0.4) is 0 Å². The van der Waals surface area contributed by atoms with Crippen molar-refractivity contribution in [1.29, 1.82) is 0 Å². The third-order valence-corrected chi connectivity index (χ3v) is 5.95. The van der Waals surface area contributed by atoms with Gasteiger partial charge in [-0.05, 0) is 30.9 Å². The first-order chi connectivity index (χ1) is 17.1. The number of nitrogens with one attached hydrogen (secondary N) is 3. The molecule has 2 radical (unpaired) electrons. The van der Waals surface area contributed by atoms with Gasteiger partial charge in [0.25, 0.3) is 11.8 Å². The first-order valence-corrected chi connectivity index (χ1v) is 11.1. The summed E-state index contributed by atoms with van der Waals surface area (Å²) in [4.78, 5) is 30.4. The molecule has 3 heterocycles. The van der Waals surface area contributed by atoms with E-state index in [1.165, 1.54) is 30.6 Å². The Labute approximate surface area is 207 Å². The van der Waals surface area contributed by atoms with Gasteiger partial charge in [0, 0.05) is 29.9 Å². The van der Waals surface area contributed by atoms with Crippen molar-refractivity contribution in [2.45, 2.75) is 19.0 Å². The lowest BCUT2D eigenvalue weighted by atomic mass is 9.89. The number of nitrogens with zero attached hydrogens (tertiary/aromatic N) is 4. The molecule has 3 N–H and O–H groups in total. The molecule has 1 aliphatic carbocycles. The van der Waals surface area contributed by atoms with Crippen LogP contribution in [-0.2, 0) is 6.18 Å². The molecule has 1 aromatic carbocycles. The number of halogens is 4. The Morgan fingerprint density at radius 1 is 1.25 bits per heavy atom. The first kappa shape index (κ1) is 23.9. The van der Waals surface area contributed by atoms with Crippen molar-refractivity contribution in [2.24, 2.45) is 5.92 Å². The fourth-order valence-corrected chi connectivity index (χ4v) is 3.88. The SMILES string of the molecule is [B]c1cc2cn[nH]c2c(C(=O)NCC2CC2)c1NC(=O)c1cc(C(F)(F)F)nn1-c1ncccc1Cl. The van der Waals surface area contributed by atoms with E-state index in [1.807, 2.05) is 0 Å². The summed E-state index contributed by atoms with van der Waals surface area (Å²) in [6.45, 7) is 0.441. The minimum atomic E-state index is -4.84. The van der Waals surface area contributed by atoms with Gasteiger partial charge in [0.05, 0.1) is 22.3 Å². The molecule has 1 aliphatic rings. The number of aromatic nitrogens is 5. The van der Waals surface area contributed by atoms with Crippen molar-refractivity contribution < 1.29 is 22.8 Å². The molecule has 36 heavy (non-hydrogen) atoms. The van der Waals surface area contributed by atoms with Gasteiger partial charge >= 0.3 is 6.18 Å². The molecule has 1 saturated carbocycles. The average molecular weight is 514 g/mol. The molecular weight excluding hydrogens is 498 g/mol. The number of alkyl halides is 3. The number of pyridine rings is 1. The van der Waals surface area contributed by atoms with E-state index >= 15 is 0 Å². The molecule has 0 spiro atoms. The molecule has 1 fully saturated rings. The second kappa shape index (κ2) is 8.97. The summed E-state index contributed by atoms with van der Waals surface area (Å²) in [6.07, 6.45) is -0.0833. The van der Waals surface area contributed by atoms with Crippen LogP contribution < -0.4 is 16.1 Å². The lowest BCUT2D eigenvalue weighted by Gasteiger charge is -2.16. The normalized spacial score (nSPS) is 13.7. The molecule has 3 aromatic heterocycles. The number of H-pyrrole nitrogens is 1. The van der Waals surface area contributed by atoms with Gasteiger partial charge in [0.2, 0.25) is 0 Å². The number of carbonyl (C=O) groups is 2. The lowest BCUT2D eigenvalue weighted by Crippen LogP contribution is -2.30. The highest BCUT2D eigenvalue weighted by atomic mass is 35.5. The van der Waals surface area contributed by atoms with Gasteiger partial charge in [-0.2, -0.15) is 23.4 Å². The molecule has 182 valence electrons. The van der Waals surface area contributed by atoms with Crippen LogP contribution >= 0.6 is 11.6 Å². The molecule has 0 bridgehead atoms. The average Bonchev–Trinajstić information content (AvgIpc) is 3.34. The summed E-state index contributed by atoms with van der Waals surface area (Å²) >= 11 is 6.11. The maximum atomic E-state index is 13.5. The molecular formula is C22H16BClF3N7O2. The molecule has 0 unspecified atom stereocenters. The number of amides is 2. The van der Waals surface area contributed by atoms with Gasteiger partial charge in [-0.3, -0.25) is 14.7 Å². The highest BCUT2D eigenvalue weighted by molar-refractivity contribution is 6.39. The minimum absolute atomic E-state index is 0.00878. The van der Waals surface area contributed by atoms with Gasteiger partial charge < -0.3 is 10.6 Å². The van der Waals surface area contributed by atoms with Crippen LogP contribution in [0, 0.1) is 5.92 Å². The van der Waals surface area contributed by atoms with Crippen LogP contribution in [0.1, 0.15) is 39.4 Å². The predicted molar refractivity (Wildman–Crippen MR) is 126 cm³/mol. The number of benzene rings is 1. The maximum Gasteiger partial charge on any atom is 0.435 e. The van der Waals surface area contributed by atoms with Gasteiger partial charge in [0.15, 0.2) is 11.5 Å². The zero-order valence-electron chi connectivity index (χ0n) is 18.4. The third kappa shape index (κ3) is 4.53. The van der Waals surface area contributed by atoms with Crippen molar-refractivity contribution in [2.75, 3.05) is 11.9 Å². The van der Waals surface area contributed by atoms with Gasteiger partial charge in [-0.25, -0.2) is 9.67 Å². The molecule has 14 heteroatoms. The van der Waals surface area contributed by atoms with Crippen LogP contribution in [0.25, 0.3) is 16.7 Å². The van der Waals surface area contributed by atoms with E-state index in [-0.39, 0.29) is 27.6 Å². The van der Waals surface area contributed by atoms with E-state index in [2.05, 4.69) is 30.9 Å². The number of hydrogen-bond acceptors (Lipinski definition) is 5. The van der Waals surface area contributed by atoms with Crippen LogP contribution in [0.2, 0.25) is 5.02 Å². The number of fused-ring (bicyclic) bond motifs is 1. The summed E-state index contributed by atoms with van der Waals surface area (Å²) in [6, 6.07) is 4.93. The Bertz CT molecular complexity index is 1500. The van der Waals surface area contributed by atoms with Crippen molar-refractivity contribution in [3.05, 3.63) is 58.6 Å². The summed E-state index contributed by atoms with van der Waals surface area (Å²) < 4.78 is 41.1. The molecule has 0 aliphatic heterocycles. The zero-order chi connectivity index (χ0) is 25.6. The van der Waals surface area contributed by atoms with Crippen molar-refractivity contribution in [3.8, 4) is 5.82 Å². The van der Waals surface area contributed by atoms with Gasteiger partial charge in [-0.15, -0.1) is 0 Å². The molecule has 2 amide bonds. The first-order valence-electron chi connectivity index (χ1n) is 10.8. The highest BCUT2D eigenvalue weighted by Gasteiger charge is 2.37. The van der Waals surface area contributed by atoms with Crippen LogP contribution in [-0.4, -0.2) is 51.2 Å². The second-order valence-electron chi connectivity index (χ2n) is 8.29. The molecule has 5 rings (SSSR count). The standard InChI is InChI=1S/C22H16BClF3N7O2/c23-12-6-11-9-30-32-17(11)16(21(36)29-8-10-3-4-10)18(12)31-20(35)14-7-15(22(25,26)27)33-34(14)19-13(24)2-1-5-28-19/h1-2,5-7,9-10H,3-4,8H2,(H,29,36)(H,30,32)(H,31,35). The summed E-state index contributed by atoms with van der Waals surface area (Å²) in [5, 5.41) is 15.9. The monoisotopic (exact) mass is 513 g/mol. The van der Waals surface area contributed by atoms with Crippen molar-refractivity contribution >= 4 is 53.3 Å². The van der Waals surface area contributed by atoms with Crippen molar-refractivity contribution in [3.63, 3.8) is 0 Å². The number of hydrogen-bond donors (Lipinski definition) is 3. The summed E-state index contributed by atoms with van der Waals surface area (Å²) in [5.41, 5.74) is -1.59. The fraction of sp³-hybridized carbons (Fsp3) is 0.227. The number of anilines is 1. The second-order valence-corrected chi connectivity index (χ2v) is 8.70. The molecule has 4 aromatic rings. The number of aromatic amines is 1. The van der Waals surface area contributed by atoms with Crippen molar-refractivity contribution in [1.82, 2.24) is 30.3 Å². The minimum Gasteiger partial charge on any atom is -0.352 e. The topological polar surface area (TPSA) is 118 Å². The lowest BCUT2D eigenvalue weighted by molar-refractivity contribution is -0.141. The van der Waals surface area contributed by atoms with Crippen LogP contribution in [0.5, 0.6) is 0 Å². The fourth-order valence-electron chi connectivity index (χ4n) is 3.68. The Balaban J connectivity index is 1.58. The smallest absolute Gasteiger partial charge is 0.352 e. The Kier molecular flexibility index (Phi) is 5.95. The number of rotatable bonds is 6. The van der Waals surface area contributed by atoms with E-state index in [4.69, 9.17) is 19.4 Å². The van der Waals surface area contributed by atoms with E-state index in [0.717, 1.165) is 12.8 Å². The van der Waals surface area contributed by atoms with E-state index in [1.54, 1.807) is 0 Å². The van der Waals surface area contributed by atoms with Crippen LogP contribution in [0.4, 0.5) is 18.9 Å². The van der Waals surface area contributed by atoms with E-state index in [0.29, 0.717) is 34.1 Å². The maximum absolute atomic E-state index is 13.5. The van der Waals surface area contributed by atoms with E-state index < -0.39 is 29.4 Å². The van der Waals surface area contributed by atoms with E-state index in [9.17, 15) is 22.8 Å². The predicted octanol–water partition coefficient (Wildman–Crippen LogP) is 3.00. The van der Waals surface area contributed by atoms with Gasteiger partial charge in [0.1, 0.15) is 13.5 Å². The number of carbonyl (C=O) groups excluding carboxylic acids is 2. The quantitative estimate of drug-likeness (QED) is 0.343. The Hall–Kier alpha value is -3.87. The largest absolute Gasteiger partial charge is 0.435 e. The Morgan fingerprint density at radius 3 is 2.72 bits per heavy atom. The zero-order valence-corrected chi connectivity index (χ0v) is 19.1. The highest BCUT2D eigenvalue weighted by Crippen LogP contribution is 2.31. The third-order valence-electron chi connectivity index (χ3n) is 5.65. The van der Waals surface area contributed by atoms with Gasteiger partial charge in [-0.1, -0.05) is 23.1 Å². The molecule has 0 atom stereocenters. The van der Waals surface area contributed by atoms with Crippen LogP contribution in [0.15, 0.2) is 36.7 Å². The molecule has 0 saturated heterocycles. The summed E-state index contributed by atoms with van der Waals surface area (Å²) in [5.74, 6) is -1.33. The molecule has 9 nitrogen and oxygen atoms in total. The Morgan fingerprint density at radius 2 is 2.03 bits per heavy atom.